The second-order valence-corrected chi connectivity index (χ2v) is 12.9. The molecule has 2 unspecified atom stereocenters. The number of aliphatic hydroxyl groups is 4. The van der Waals surface area contributed by atoms with Gasteiger partial charge in [0.15, 0.2) is 5.78 Å². The maximum atomic E-state index is 13.9. The second kappa shape index (κ2) is 10.3. The van der Waals surface area contributed by atoms with Gasteiger partial charge in [0.05, 0.1) is 17.8 Å². The summed E-state index contributed by atoms with van der Waals surface area (Å²) in [5.74, 6) is 0.898. The van der Waals surface area contributed by atoms with E-state index in [1.54, 1.807) is 6.08 Å². The van der Waals surface area contributed by atoms with Crippen molar-refractivity contribution in [3.63, 3.8) is 0 Å². The zero-order valence-electron chi connectivity index (χ0n) is 22.4. The number of rotatable bonds is 9. The third-order valence-electron chi connectivity index (χ3n) is 10.5. The molecule has 0 bridgehead atoms. The Morgan fingerprint density at radius 1 is 1.18 bits per heavy atom. The molecule has 0 radical (unpaired) electrons. The Kier molecular flexibility index (Phi) is 8.45. The summed E-state index contributed by atoms with van der Waals surface area (Å²) < 4.78 is 0. The highest BCUT2D eigenvalue weighted by Gasteiger charge is 2.58. The van der Waals surface area contributed by atoms with Crippen LogP contribution in [0.3, 0.4) is 0 Å². The first-order chi connectivity index (χ1) is 15.8. The lowest BCUT2D eigenvalue weighted by molar-refractivity contribution is -0.139. The molecule has 34 heavy (non-hydrogen) atoms. The molecule has 0 heterocycles. The number of fused-ring (bicyclic) bond motifs is 1. The summed E-state index contributed by atoms with van der Waals surface area (Å²) in [4.78, 5) is 13.9. The maximum Gasteiger partial charge on any atom is 0.165 e. The summed E-state index contributed by atoms with van der Waals surface area (Å²) in [6.45, 7) is 12.8. The Balaban J connectivity index is 1.90. The van der Waals surface area contributed by atoms with Crippen molar-refractivity contribution in [3.05, 3.63) is 11.6 Å². The summed E-state index contributed by atoms with van der Waals surface area (Å²) in [5, 5.41) is 43.0. The van der Waals surface area contributed by atoms with Crippen molar-refractivity contribution < 1.29 is 25.2 Å². The Morgan fingerprint density at radius 2 is 1.85 bits per heavy atom. The third-order valence-corrected chi connectivity index (χ3v) is 10.5. The number of carbonyl (C=O) groups excluding carboxylic acids is 1. The highest BCUT2D eigenvalue weighted by molar-refractivity contribution is 6.01. The molecule has 5 nitrogen and oxygen atoms in total. The topological polar surface area (TPSA) is 98.0 Å². The van der Waals surface area contributed by atoms with Crippen LogP contribution in [-0.2, 0) is 4.79 Å². The quantitative estimate of drug-likeness (QED) is 0.387. The number of Topliss-reactive ketones (excluding diaryl/α,β-unsaturated/α-hetero) is 1. The Morgan fingerprint density at radius 3 is 2.44 bits per heavy atom. The van der Waals surface area contributed by atoms with Crippen LogP contribution in [0.15, 0.2) is 11.6 Å². The van der Waals surface area contributed by atoms with Gasteiger partial charge in [0.25, 0.3) is 0 Å². The van der Waals surface area contributed by atoms with E-state index in [1.165, 1.54) is 0 Å². The molecule has 0 aromatic rings. The molecule has 0 spiro atoms. The lowest BCUT2D eigenvalue weighted by atomic mass is 9.55. The molecule has 2 saturated carbocycles. The van der Waals surface area contributed by atoms with E-state index in [1.807, 2.05) is 13.8 Å². The van der Waals surface area contributed by atoms with Crippen molar-refractivity contribution in [1.82, 2.24) is 0 Å². The molecular weight excluding hydrogens is 428 g/mol. The van der Waals surface area contributed by atoms with Gasteiger partial charge in [-0.1, -0.05) is 41.0 Å². The summed E-state index contributed by atoms with van der Waals surface area (Å²) in [6, 6.07) is 0. The molecule has 0 aliphatic heterocycles. The van der Waals surface area contributed by atoms with E-state index in [9.17, 15) is 25.2 Å². The van der Waals surface area contributed by atoms with E-state index >= 15 is 0 Å². The van der Waals surface area contributed by atoms with Crippen molar-refractivity contribution in [1.29, 1.82) is 0 Å². The molecule has 3 aliphatic rings. The van der Waals surface area contributed by atoms with Crippen LogP contribution in [0.25, 0.3) is 0 Å². The number of carbonyl (C=O) groups is 1. The van der Waals surface area contributed by atoms with Gasteiger partial charge in [-0.2, -0.15) is 0 Å². The zero-order chi connectivity index (χ0) is 25.5. The Hall–Kier alpha value is -0.750. The molecule has 3 aliphatic carbocycles. The summed E-state index contributed by atoms with van der Waals surface area (Å²) in [7, 11) is 0. The van der Waals surface area contributed by atoms with Gasteiger partial charge >= 0.3 is 0 Å². The standard InChI is InChI=1S/C29H50O5/c1-7-19(18(2)3)10-13-29(6,34)25-9-8-22(27(25,4)14-15-30)21-17-24(32)23-16-20(31)11-12-28(23,5)26(21)33/h17-20,22-25,30-32,34H,7-16H2,1-6H3/t19?,20-,22-,23+,24-,25-,27-,28-,29?/m0/s1. The van der Waals surface area contributed by atoms with Crippen molar-refractivity contribution in [2.45, 2.75) is 117 Å². The van der Waals surface area contributed by atoms with E-state index in [4.69, 9.17) is 0 Å². The number of ketones is 1. The van der Waals surface area contributed by atoms with Gasteiger partial charge < -0.3 is 20.4 Å². The molecule has 0 aromatic heterocycles. The van der Waals surface area contributed by atoms with Crippen LogP contribution in [0.5, 0.6) is 0 Å². The molecule has 4 N–H and O–H groups in total. The monoisotopic (exact) mass is 478 g/mol. The first kappa shape index (κ1) is 27.8. The summed E-state index contributed by atoms with van der Waals surface area (Å²) in [5.41, 5.74) is -1.25. The van der Waals surface area contributed by atoms with Crippen LogP contribution in [-0.4, -0.2) is 50.6 Å². The molecule has 2 fully saturated rings. The molecule has 196 valence electrons. The van der Waals surface area contributed by atoms with Crippen molar-refractivity contribution in [2.24, 2.45) is 40.4 Å². The van der Waals surface area contributed by atoms with Crippen LogP contribution in [0.1, 0.15) is 99.3 Å². The van der Waals surface area contributed by atoms with E-state index in [-0.39, 0.29) is 30.1 Å². The fraction of sp³-hybridized carbons (Fsp3) is 0.897. The van der Waals surface area contributed by atoms with Crippen LogP contribution >= 0.6 is 0 Å². The molecule has 0 saturated heterocycles. The zero-order valence-corrected chi connectivity index (χ0v) is 22.4. The largest absolute Gasteiger partial charge is 0.396 e. The number of allylic oxidation sites excluding steroid dienone is 1. The summed E-state index contributed by atoms with van der Waals surface area (Å²) >= 11 is 0. The minimum Gasteiger partial charge on any atom is -0.396 e. The van der Waals surface area contributed by atoms with E-state index in [0.717, 1.165) is 32.1 Å². The fourth-order valence-corrected chi connectivity index (χ4v) is 8.12. The van der Waals surface area contributed by atoms with Crippen molar-refractivity contribution in [3.8, 4) is 0 Å². The predicted octanol–water partition coefficient (Wildman–Crippen LogP) is 4.65. The normalized spacial score (nSPS) is 41.2. The molecular formula is C29H50O5. The highest BCUT2D eigenvalue weighted by Crippen LogP contribution is 2.60. The SMILES string of the molecule is CCC(CCC(C)(O)[C@H]1CC[C@@H](C2=C[C@H](O)[C@H]3C[C@@H](O)CC[C@]3(C)C2=O)[C@]1(C)CCO)C(C)C. The van der Waals surface area contributed by atoms with E-state index in [0.29, 0.717) is 43.1 Å². The lowest BCUT2D eigenvalue weighted by Crippen LogP contribution is -2.52. The summed E-state index contributed by atoms with van der Waals surface area (Å²) in [6.07, 6.45) is 7.09. The first-order valence-electron chi connectivity index (χ1n) is 13.8. The van der Waals surface area contributed by atoms with Crippen LogP contribution in [0.2, 0.25) is 0 Å². The van der Waals surface area contributed by atoms with Gasteiger partial charge in [-0.15, -0.1) is 0 Å². The number of hydrogen-bond acceptors (Lipinski definition) is 5. The molecule has 9 atom stereocenters. The molecule has 0 aromatic carbocycles. The second-order valence-electron chi connectivity index (χ2n) is 12.9. The Bertz CT molecular complexity index is 758. The van der Waals surface area contributed by atoms with Crippen molar-refractivity contribution in [2.75, 3.05) is 6.61 Å². The van der Waals surface area contributed by atoms with Crippen LogP contribution < -0.4 is 0 Å². The maximum absolute atomic E-state index is 13.9. The fourth-order valence-electron chi connectivity index (χ4n) is 8.12. The lowest BCUT2D eigenvalue weighted by Gasteiger charge is -2.50. The van der Waals surface area contributed by atoms with Crippen molar-refractivity contribution >= 4 is 5.78 Å². The first-order valence-corrected chi connectivity index (χ1v) is 13.8. The number of aliphatic hydroxyl groups excluding tert-OH is 3. The molecule has 5 heteroatoms. The van der Waals surface area contributed by atoms with E-state index in [2.05, 4.69) is 27.7 Å². The Labute approximate surface area is 207 Å². The molecule has 3 rings (SSSR count). The van der Waals surface area contributed by atoms with Gasteiger partial charge in [0, 0.05) is 17.9 Å². The average Bonchev–Trinajstić information content (AvgIpc) is 3.10. The third kappa shape index (κ3) is 4.92. The van der Waals surface area contributed by atoms with Gasteiger partial charge in [-0.25, -0.2) is 0 Å². The van der Waals surface area contributed by atoms with Crippen LogP contribution in [0.4, 0.5) is 0 Å². The highest BCUT2D eigenvalue weighted by atomic mass is 16.3. The predicted molar refractivity (Wildman–Crippen MR) is 135 cm³/mol. The van der Waals surface area contributed by atoms with Crippen LogP contribution in [0, 0.1) is 40.4 Å². The average molecular weight is 479 g/mol. The van der Waals surface area contributed by atoms with Gasteiger partial charge in [-0.05, 0) is 99.0 Å². The van der Waals surface area contributed by atoms with Gasteiger partial charge in [-0.3, -0.25) is 4.79 Å². The molecule has 0 amide bonds. The van der Waals surface area contributed by atoms with E-state index < -0.39 is 28.6 Å². The minimum absolute atomic E-state index is 0.0132. The minimum atomic E-state index is -0.876. The van der Waals surface area contributed by atoms with Gasteiger partial charge in [0.2, 0.25) is 0 Å². The smallest absolute Gasteiger partial charge is 0.165 e. The van der Waals surface area contributed by atoms with Gasteiger partial charge in [0.1, 0.15) is 0 Å². The number of hydrogen-bond donors (Lipinski definition) is 4.